The van der Waals surface area contributed by atoms with E-state index in [2.05, 4.69) is 25.6 Å². The fourth-order valence-electron chi connectivity index (χ4n) is 3.96. The number of carbonyl (C=O) groups is 1. The monoisotopic (exact) mass is 430 g/mol. The maximum absolute atomic E-state index is 12.6. The molecule has 2 aromatic heterocycles. The molecule has 3 heterocycles. The number of nitrogens with one attached hydrogen (secondary N) is 1. The van der Waals surface area contributed by atoms with Crippen LogP contribution >= 0.6 is 11.6 Å². The Kier molecular flexibility index (Phi) is 4.75. The van der Waals surface area contributed by atoms with Gasteiger partial charge >= 0.3 is 0 Å². The van der Waals surface area contributed by atoms with Gasteiger partial charge in [0.15, 0.2) is 0 Å². The van der Waals surface area contributed by atoms with E-state index in [1.807, 2.05) is 62.4 Å². The lowest BCUT2D eigenvalue weighted by atomic mass is 9.86. The molecule has 0 saturated heterocycles. The second kappa shape index (κ2) is 7.59. The number of hydrogen-bond donors (Lipinski definition) is 1. The highest BCUT2D eigenvalue weighted by molar-refractivity contribution is 6.31. The summed E-state index contributed by atoms with van der Waals surface area (Å²) in [4.78, 5) is 17.2. The molecule has 0 radical (unpaired) electrons. The SMILES string of the molecule is Cc1ccc(-c2cnnc(-n3nc(C)c4c3NC(=O)C[C@H]4c3ccccc3Cl)n2)cc1. The molecule has 2 aromatic carbocycles. The van der Waals surface area contributed by atoms with Crippen LogP contribution in [0.25, 0.3) is 17.2 Å². The van der Waals surface area contributed by atoms with E-state index in [4.69, 9.17) is 11.6 Å². The Morgan fingerprint density at radius 2 is 1.87 bits per heavy atom. The molecule has 0 aliphatic carbocycles. The molecule has 1 aliphatic heterocycles. The van der Waals surface area contributed by atoms with Crippen molar-refractivity contribution >= 4 is 23.3 Å². The molecule has 31 heavy (non-hydrogen) atoms. The van der Waals surface area contributed by atoms with Crippen LogP contribution < -0.4 is 5.32 Å². The lowest BCUT2D eigenvalue weighted by Crippen LogP contribution is -2.25. The molecular formula is C23H19ClN6O. The first-order chi connectivity index (χ1) is 15.0. The molecule has 4 aromatic rings. The molecule has 0 fully saturated rings. The molecule has 154 valence electrons. The molecule has 0 bridgehead atoms. The van der Waals surface area contributed by atoms with E-state index in [1.54, 1.807) is 10.9 Å². The Balaban J connectivity index is 1.63. The molecule has 1 N–H and O–H groups in total. The van der Waals surface area contributed by atoms with Crippen molar-refractivity contribution in [3.63, 3.8) is 0 Å². The molecular weight excluding hydrogens is 412 g/mol. The van der Waals surface area contributed by atoms with Crippen LogP contribution in [0.4, 0.5) is 5.82 Å². The maximum Gasteiger partial charge on any atom is 0.272 e. The Morgan fingerprint density at radius 1 is 1.10 bits per heavy atom. The fraction of sp³-hybridized carbons (Fsp3) is 0.174. The zero-order valence-corrected chi connectivity index (χ0v) is 17.8. The summed E-state index contributed by atoms with van der Waals surface area (Å²) >= 11 is 6.45. The average molecular weight is 431 g/mol. The van der Waals surface area contributed by atoms with Gasteiger partial charge in [-0.15, -0.1) is 5.10 Å². The Bertz CT molecular complexity index is 1300. The van der Waals surface area contributed by atoms with Gasteiger partial charge in [-0.2, -0.15) is 14.9 Å². The molecule has 0 unspecified atom stereocenters. The van der Waals surface area contributed by atoms with Gasteiger partial charge in [0.25, 0.3) is 5.95 Å². The van der Waals surface area contributed by atoms with Crippen LogP contribution in [0.2, 0.25) is 5.02 Å². The summed E-state index contributed by atoms with van der Waals surface area (Å²) in [5.41, 5.74) is 5.36. The standard InChI is InChI=1S/C23H19ClN6O/c1-13-7-9-15(10-8-13)19-12-25-28-23(26-19)30-22-21(14(2)29-30)17(11-20(31)27-22)16-5-3-4-6-18(16)24/h3-10,12,17H,11H2,1-2H3,(H,27,31)/t17-/m0/s1. The van der Waals surface area contributed by atoms with Gasteiger partial charge in [-0.3, -0.25) is 4.79 Å². The summed E-state index contributed by atoms with van der Waals surface area (Å²) in [6.45, 7) is 3.94. The van der Waals surface area contributed by atoms with Gasteiger partial charge in [0.2, 0.25) is 5.91 Å². The minimum atomic E-state index is -0.195. The minimum absolute atomic E-state index is 0.110. The summed E-state index contributed by atoms with van der Waals surface area (Å²) < 4.78 is 1.55. The number of amides is 1. The maximum atomic E-state index is 12.6. The van der Waals surface area contributed by atoms with E-state index in [-0.39, 0.29) is 11.8 Å². The van der Waals surface area contributed by atoms with Crippen molar-refractivity contribution in [2.45, 2.75) is 26.2 Å². The van der Waals surface area contributed by atoms with Crippen LogP contribution in [0.15, 0.2) is 54.7 Å². The van der Waals surface area contributed by atoms with Gasteiger partial charge in [0.1, 0.15) is 5.82 Å². The fourth-order valence-corrected chi connectivity index (χ4v) is 4.23. The molecule has 0 spiro atoms. The normalized spacial score (nSPS) is 15.5. The summed E-state index contributed by atoms with van der Waals surface area (Å²) in [5.74, 6) is 0.546. The summed E-state index contributed by atoms with van der Waals surface area (Å²) in [7, 11) is 0. The van der Waals surface area contributed by atoms with Crippen molar-refractivity contribution in [2.24, 2.45) is 0 Å². The number of fused-ring (bicyclic) bond motifs is 1. The molecule has 1 aliphatic rings. The highest BCUT2D eigenvalue weighted by Gasteiger charge is 2.34. The Hall–Kier alpha value is -3.58. The highest BCUT2D eigenvalue weighted by Crippen LogP contribution is 2.42. The predicted octanol–water partition coefficient (Wildman–Crippen LogP) is 4.47. The zero-order chi connectivity index (χ0) is 21.5. The van der Waals surface area contributed by atoms with Crippen molar-refractivity contribution in [1.29, 1.82) is 0 Å². The number of nitrogens with zero attached hydrogens (tertiary/aromatic N) is 5. The average Bonchev–Trinajstić information content (AvgIpc) is 3.10. The lowest BCUT2D eigenvalue weighted by molar-refractivity contribution is -0.116. The van der Waals surface area contributed by atoms with Gasteiger partial charge in [-0.1, -0.05) is 59.6 Å². The molecule has 1 amide bonds. The van der Waals surface area contributed by atoms with Crippen LogP contribution in [0.1, 0.15) is 34.7 Å². The van der Waals surface area contributed by atoms with Crippen LogP contribution in [-0.2, 0) is 4.79 Å². The zero-order valence-electron chi connectivity index (χ0n) is 17.0. The predicted molar refractivity (Wildman–Crippen MR) is 118 cm³/mol. The van der Waals surface area contributed by atoms with E-state index >= 15 is 0 Å². The van der Waals surface area contributed by atoms with Crippen LogP contribution in [-0.4, -0.2) is 30.9 Å². The number of hydrogen-bond acceptors (Lipinski definition) is 5. The Morgan fingerprint density at radius 3 is 2.65 bits per heavy atom. The summed E-state index contributed by atoms with van der Waals surface area (Å²) in [6.07, 6.45) is 1.91. The quantitative estimate of drug-likeness (QED) is 0.518. The van der Waals surface area contributed by atoms with E-state index in [0.29, 0.717) is 28.9 Å². The number of carbonyl (C=O) groups excluding carboxylic acids is 1. The van der Waals surface area contributed by atoms with Crippen LogP contribution in [0.3, 0.4) is 0 Å². The van der Waals surface area contributed by atoms with Gasteiger partial charge in [-0.05, 0) is 25.5 Å². The van der Waals surface area contributed by atoms with Crippen molar-refractivity contribution in [3.8, 4) is 17.2 Å². The van der Waals surface area contributed by atoms with Crippen molar-refractivity contribution < 1.29 is 4.79 Å². The van der Waals surface area contributed by atoms with E-state index in [0.717, 1.165) is 27.9 Å². The van der Waals surface area contributed by atoms with E-state index in [9.17, 15) is 4.79 Å². The topological polar surface area (TPSA) is 85.6 Å². The van der Waals surface area contributed by atoms with Gasteiger partial charge < -0.3 is 5.32 Å². The third kappa shape index (κ3) is 3.47. The van der Waals surface area contributed by atoms with Crippen LogP contribution in [0.5, 0.6) is 0 Å². The number of aromatic nitrogens is 5. The lowest BCUT2D eigenvalue weighted by Gasteiger charge is -2.24. The molecule has 8 heteroatoms. The summed E-state index contributed by atoms with van der Waals surface area (Å²) in [5, 5.41) is 16.5. The third-order valence-electron chi connectivity index (χ3n) is 5.47. The van der Waals surface area contributed by atoms with E-state index in [1.165, 1.54) is 0 Å². The van der Waals surface area contributed by atoms with Crippen molar-refractivity contribution in [3.05, 3.63) is 82.1 Å². The summed E-state index contributed by atoms with van der Waals surface area (Å²) in [6, 6.07) is 15.6. The smallest absolute Gasteiger partial charge is 0.272 e. The number of rotatable bonds is 3. The molecule has 1 atom stereocenters. The molecule has 7 nitrogen and oxygen atoms in total. The highest BCUT2D eigenvalue weighted by atomic mass is 35.5. The van der Waals surface area contributed by atoms with Crippen molar-refractivity contribution in [2.75, 3.05) is 5.32 Å². The second-order valence-electron chi connectivity index (χ2n) is 7.59. The second-order valence-corrected chi connectivity index (χ2v) is 8.00. The van der Waals surface area contributed by atoms with Crippen LogP contribution in [0, 0.1) is 13.8 Å². The first-order valence-corrected chi connectivity index (χ1v) is 10.3. The molecule has 5 rings (SSSR count). The first-order valence-electron chi connectivity index (χ1n) is 9.92. The molecule has 0 saturated carbocycles. The third-order valence-corrected chi connectivity index (χ3v) is 5.81. The van der Waals surface area contributed by atoms with Gasteiger partial charge in [0.05, 0.1) is 17.6 Å². The van der Waals surface area contributed by atoms with Crippen molar-refractivity contribution in [1.82, 2.24) is 25.0 Å². The van der Waals surface area contributed by atoms with E-state index < -0.39 is 0 Å². The number of anilines is 1. The largest absolute Gasteiger partial charge is 0.310 e. The minimum Gasteiger partial charge on any atom is -0.310 e. The van der Waals surface area contributed by atoms with Gasteiger partial charge in [0, 0.05) is 28.5 Å². The first kappa shape index (κ1) is 19.4. The van der Waals surface area contributed by atoms with Gasteiger partial charge in [-0.25, -0.2) is 4.98 Å². The number of benzene rings is 2. The Labute approximate surface area is 184 Å². The number of aryl methyl sites for hydroxylation is 2. The number of halogens is 1.